The van der Waals surface area contributed by atoms with Gasteiger partial charge in [0.05, 0.1) is 11.3 Å². The third kappa shape index (κ3) is 4.20. The maximum absolute atomic E-state index is 12.6. The first-order valence-corrected chi connectivity index (χ1v) is 8.22. The number of hydrogen-bond acceptors (Lipinski definition) is 6. The van der Waals surface area contributed by atoms with E-state index in [9.17, 15) is 18.0 Å². The monoisotopic (exact) mass is 379 g/mol. The lowest BCUT2D eigenvalue weighted by molar-refractivity contribution is -0.137. The van der Waals surface area contributed by atoms with E-state index in [4.69, 9.17) is 0 Å². The zero-order chi connectivity index (χ0) is 18.7. The van der Waals surface area contributed by atoms with Crippen LogP contribution in [0, 0.1) is 6.92 Å². The third-order valence-corrected chi connectivity index (χ3v) is 4.26. The molecule has 0 spiro atoms. The second-order valence-corrected chi connectivity index (χ2v) is 6.38. The number of anilines is 1. The van der Waals surface area contributed by atoms with Crippen molar-refractivity contribution >= 4 is 22.4 Å². The molecular formula is C16H12F3N5OS. The largest absolute Gasteiger partial charge is 0.416 e. The van der Waals surface area contributed by atoms with Crippen LogP contribution in [-0.4, -0.2) is 26.1 Å². The summed E-state index contributed by atoms with van der Waals surface area (Å²) in [6.45, 7) is 1.66. The van der Waals surface area contributed by atoms with Gasteiger partial charge in [-0.15, -0.1) is 10.2 Å². The van der Waals surface area contributed by atoms with E-state index in [0.29, 0.717) is 22.7 Å². The van der Waals surface area contributed by atoms with Crippen LogP contribution < -0.4 is 5.32 Å². The molecule has 1 aromatic carbocycles. The van der Waals surface area contributed by atoms with Gasteiger partial charge in [0.25, 0.3) is 5.91 Å². The highest BCUT2D eigenvalue weighted by Crippen LogP contribution is 2.29. The van der Waals surface area contributed by atoms with Crippen molar-refractivity contribution < 1.29 is 18.0 Å². The number of aryl methyl sites for hydroxylation is 1. The van der Waals surface area contributed by atoms with E-state index in [-0.39, 0.29) is 10.8 Å². The van der Waals surface area contributed by atoms with Crippen LogP contribution in [-0.2, 0) is 12.6 Å². The highest BCUT2D eigenvalue weighted by Gasteiger charge is 2.29. The molecule has 3 aromatic rings. The maximum atomic E-state index is 12.6. The summed E-state index contributed by atoms with van der Waals surface area (Å²) in [7, 11) is 0. The normalized spacial score (nSPS) is 11.4. The quantitative estimate of drug-likeness (QED) is 0.750. The van der Waals surface area contributed by atoms with Crippen molar-refractivity contribution in [1.82, 2.24) is 20.2 Å². The first-order valence-electron chi connectivity index (χ1n) is 7.40. The Kier molecular flexibility index (Phi) is 4.94. The minimum Gasteiger partial charge on any atom is -0.295 e. The van der Waals surface area contributed by atoms with Crippen LogP contribution >= 0.6 is 11.3 Å². The Hall–Kier alpha value is -2.88. The SMILES string of the molecule is Cc1nccnc1C(=O)Nc1nnc(Cc2ccc(C(F)(F)F)cc2)s1. The number of benzene rings is 1. The molecule has 0 fully saturated rings. The Morgan fingerprint density at radius 1 is 1.12 bits per heavy atom. The van der Waals surface area contributed by atoms with Gasteiger partial charge in [-0.25, -0.2) is 4.98 Å². The van der Waals surface area contributed by atoms with E-state index >= 15 is 0 Å². The van der Waals surface area contributed by atoms with Gasteiger partial charge in [-0.2, -0.15) is 13.2 Å². The molecule has 0 aliphatic rings. The fourth-order valence-electron chi connectivity index (χ4n) is 2.15. The van der Waals surface area contributed by atoms with E-state index < -0.39 is 17.6 Å². The average molecular weight is 379 g/mol. The van der Waals surface area contributed by atoms with E-state index in [2.05, 4.69) is 25.5 Å². The fourth-order valence-corrected chi connectivity index (χ4v) is 2.92. The minimum atomic E-state index is -4.36. The van der Waals surface area contributed by atoms with Crippen LogP contribution in [0.25, 0.3) is 0 Å². The molecule has 2 aromatic heterocycles. The number of aromatic nitrogens is 4. The molecule has 0 bridgehead atoms. The van der Waals surface area contributed by atoms with Crippen LogP contribution in [0.4, 0.5) is 18.3 Å². The van der Waals surface area contributed by atoms with Gasteiger partial charge in [0, 0.05) is 18.8 Å². The standard InChI is InChI=1S/C16H12F3N5OS/c1-9-13(21-7-6-20-9)14(25)22-15-24-23-12(26-15)8-10-2-4-11(5-3-10)16(17,18)19/h2-7H,8H2,1H3,(H,22,24,25). The van der Waals surface area contributed by atoms with Crippen LogP contribution in [0.5, 0.6) is 0 Å². The van der Waals surface area contributed by atoms with Gasteiger partial charge in [0.2, 0.25) is 5.13 Å². The Balaban J connectivity index is 1.67. The van der Waals surface area contributed by atoms with Gasteiger partial charge >= 0.3 is 6.18 Å². The molecule has 0 radical (unpaired) electrons. The third-order valence-electron chi connectivity index (χ3n) is 3.42. The van der Waals surface area contributed by atoms with Crippen molar-refractivity contribution in [2.24, 2.45) is 0 Å². The Morgan fingerprint density at radius 2 is 1.81 bits per heavy atom. The lowest BCUT2D eigenvalue weighted by Gasteiger charge is -2.06. The second-order valence-electron chi connectivity index (χ2n) is 5.32. The minimum absolute atomic E-state index is 0.187. The maximum Gasteiger partial charge on any atom is 0.416 e. The zero-order valence-electron chi connectivity index (χ0n) is 13.4. The summed E-state index contributed by atoms with van der Waals surface area (Å²) in [4.78, 5) is 20.1. The number of rotatable bonds is 4. The van der Waals surface area contributed by atoms with Crippen molar-refractivity contribution in [1.29, 1.82) is 0 Å². The van der Waals surface area contributed by atoms with Gasteiger partial charge in [-0.05, 0) is 24.6 Å². The van der Waals surface area contributed by atoms with Gasteiger partial charge in [-0.1, -0.05) is 23.5 Å². The summed E-state index contributed by atoms with van der Waals surface area (Å²) in [6.07, 6.45) is -1.15. The molecule has 0 atom stereocenters. The molecule has 0 saturated carbocycles. The Labute approximate surface area is 150 Å². The Bertz CT molecular complexity index is 924. The highest BCUT2D eigenvalue weighted by molar-refractivity contribution is 7.15. The van der Waals surface area contributed by atoms with Crippen LogP contribution in [0.1, 0.15) is 32.3 Å². The fraction of sp³-hybridized carbons (Fsp3) is 0.188. The first kappa shape index (κ1) is 17.9. The summed E-state index contributed by atoms with van der Waals surface area (Å²) >= 11 is 1.14. The molecule has 2 heterocycles. The molecule has 1 N–H and O–H groups in total. The van der Waals surface area contributed by atoms with Crippen LogP contribution in [0.15, 0.2) is 36.7 Å². The molecule has 6 nitrogen and oxygen atoms in total. The van der Waals surface area contributed by atoms with Crippen molar-refractivity contribution in [3.8, 4) is 0 Å². The molecule has 134 valence electrons. The molecule has 10 heteroatoms. The van der Waals surface area contributed by atoms with Crippen molar-refractivity contribution in [2.75, 3.05) is 5.32 Å². The topological polar surface area (TPSA) is 80.7 Å². The zero-order valence-corrected chi connectivity index (χ0v) is 14.2. The molecular weight excluding hydrogens is 367 g/mol. The summed E-state index contributed by atoms with van der Waals surface area (Å²) in [6, 6.07) is 4.84. The molecule has 0 saturated heterocycles. The van der Waals surface area contributed by atoms with Crippen LogP contribution in [0.3, 0.4) is 0 Å². The predicted octanol–water partition coefficient (Wildman–Crippen LogP) is 3.50. The Morgan fingerprint density at radius 3 is 2.46 bits per heavy atom. The van der Waals surface area contributed by atoms with E-state index in [1.165, 1.54) is 24.5 Å². The van der Waals surface area contributed by atoms with Gasteiger partial charge in [-0.3, -0.25) is 15.1 Å². The summed E-state index contributed by atoms with van der Waals surface area (Å²) in [5.41, 5.74) is 0.633. The summed E-state index contributed by atoms with van der Waals surface area (Å²) < 4.78 is 37.7. The number of carbonyl (C=O) groups is 1. The van der Waals surface area contributed by atoms with Gasteiger partial charge in [0.15, 0.2) is 0 Å². The highest BCUT2D eigenvalue weighted by atomic mass is 32.1. The van der Waals surface area contributed by atoms with Crippen LogP contribution in [0.2, 0.25) is 0 Å². The average Bonchev–Trinajstić information content (AvgIpc) is 3.01. The number of amides is 1. The van der Waals surface area contributed by atoms with Gasteiger partial charge < -0.3 is 0 Å². The van der Waals surface area contributed by atoms with E-state index in [1.807, 2.05) is 0 Å². The number of carbonyl (C=O) groups excluding carboxylic acids is 1. The van der Waals surface area contributed by atoms with Crippen molar-refractivity contribution in [3.63, 3.8) is 0 Å². The number of nitrogens with one attached hydrogen (secondary N) is 1. The van der Waals surface area contributed by atoms with Crippen molar-refractivity contribution in [2.45, 2.75) is 19.5 Å². The molecule has 1 amide bonds. The number of nitrogens with zero attached hydrogens (tertiary/aromatic N) is 4. The number of alkyl halides is 3. The predicted molar refractivity (Wildman–Crippen MR) is 88.9 cm³/mol. The first-order chi connectivity index (χ1) is 12.3. The second kappa shape index (κ2) is 7.16. The van der Waals surface area contributed by atoms with Gasteiger partial charge in [0.1, 0.15) is 10.7 Å². The lowest BCUT2D eigenvalue weighted by atomic mass is 10.1. The molecule has 26 heavy (non-hydrogen) atoms. The van der Waals surface area contributed by atoms with E-state index in [0.717, 1.165) is 23.5 Å². The summed E-state index contributed by atoms with van der Waals surface area (Å²) in [5, 5.41) is 11.3. The smallest absolute Gasteiger partial charge is 0.295 e. The number of hydrogen-bond donors (Lipinski definition) is 1. The van der Waals surface area contributed by atoms with E-state index in [1.54, 1.807) is 6.92 Å². The van der Waals surface area contributed by atoms with Crippen molar-refractivity contribution in [3.05, 3.63) is 64.2 Å². The summed E-state index contributed by atoms with van der Waals surface area (Å²) in [5.74, 6) is -0.451. The molecule has 3 rings (SSSR count). The lowest BCUT2D eigenvalue weighted by Crippen LogP contribution is -2.15. The molecule has 0 aliphatic carbocycles. The molecule has 0 unspecified atom stereocenters. The molecule has 0 aliphatic heterocycles. The number of halogens is 3.